The maximum atomic E-state index is 12.3. The van der Waals surface area contributed by atoms with Gasteiger partial charge in [-0.3, -0.25) is 9.69 Å². The van der Waals surface area contributed by atoms with E-state index in [1.165, 1.54) is 5.56 Å². The summed E-state index contributed by atoms with van der Waals surface area (Å²) in [6, 6.07) is 18.2. The molecule has 28 heavy (non-hydrogen) atoms. The van der Waals surface area contributed by atoms with Gasteiger partial charge >= 0.3 is 0 Å². The number of aliphatic carboxylic acids is 1. The fourth-order valence-electron chi connectivity index (χ4n) is 2.89. The minimum atomic E-state index is -1.33. The molecule has 1 heterocycles. The van der Waals surface area contributed by atoms with E-state index in [1.54, 1.807) is 6.08 Å². The van der Waals surface area contributed by atoms with E-state index in [1.807, 2.05) is 42.5 Å². The summed E-state index contributed by atoms with van der Waals surface area (Å²) in [5, 5.41) is 10.8. The summed E-state index contributed by atoms with van der Waals surface area (Å²) >= 11 is 6.19. The Kier molecular flexibility index (Phi) is 6.49. The highest BCUT2D eigenvalue weighted by Crippen LogP contribution is 2.32. The number of hydrogen-bond acceptors (Lipinski definition) is 6. The molecule has 0 spiro atoms. The van der Waals surface area contributed by atoms with Gasteiger partial charge in [0.1, 0.15) is 4.32 Å². The highest BCUT2D eigenvalue weighted by Gasteiger charge is 2.31. The molecule has 1 aliphatic heterocycles. The lowest BCUT2D eigenvalue weighted by atomic mass is 10.1. The van der Waals surface area contributed by atoms with Gasteiger partial charge in [0.25, 0.3) is 5.91 Å². The zero-order valence-corrected chi connectivity index (χ0v) is 17.0. The van der Waals surface area contributed by atoms with Crippen molar-refractivity contribution in [2.24, 2.45) is 0 Å². The van der Waals surface area contributed by atoms with Crippen LogP contribution in [0.5, 0.6) is 0 Å². The number of thioether (sulfide) groups is 1. The predicted molar refractivity (Wildman–Crippen MR) is 114 cm³/mol. The van der Waals surface area contributed by atoms with Crippen LogP contribution in [0.3, 0.4) is 0 Å². The molecule has 2 aromatic carbocycles. The largest absolute Gasteiger partial charge is 0.548 e. The number of carbonyl (C=O) groups excluding carboxylic acids is 2. The van der Waals surface area contributed by atoms with E-state index in [-0.39, 0.29) is 4.32 Å². The molecule has 0 bridgehead atoms. The molecule has 0 saturated carbocycles. The molecule has 1 amide bonds. The lowest BCUT2D eigenvalue weighted by molar-refractivity contribution is -0.305. The van der Waals surface area contributed by atoms with Gasteiger partial charge in [-0.05, 0) is 36.3 Å². The molecular weight excluding hydrogens is 392 g/mol. The first-order chi connectivity index (χ1) is 13.5. The van der Waals surface area contributed by atoms with Crippen molar-refractivity contribution in [2.45, 2.75) is 13.5 Å². The zero-order valence-electron chi connectivity index (χ0n) is 15.3. The standard InChI is InChI=1S/C21H20N2O3S2/c1-2-22(13-16-6-4-3-5-7-16)17-10-8-15(9-11-17)12-18-20(26)23(14-19(24)25)21(27)28-18/h3-12H,2,13-14H2,1H3,(H,24,25)/p-1/b18-12-. The number of anilines is 1. The van der Waals surface area contributed by atoms with Crippen LogP contribution in [0.4, 0.5) is 5.69 Å². The van der Waals surface area contributed by atoms with Crippen LogP contribution in [0, 0.1) is 0 Å². The second-order valence-corrected chi connectivity index (χ2v) is 7.91. The minimum absolute atomic E-state index is 0.233. The van der Waals surface area contributed by atoms with Gasteiger partial charge in [0.2, 0.25) is 0 Å². The zero-order chi connectivity index (χ0) is 20.1. The Labute approximate surface area is 173 Å². The number of carboxylic acids is 1. The van der Waals surface area contributed by atoms with Crippen LogP contribution in [-0.2, 0) is 16.1 Å². The Morgan fingerprint density at radius 3 is 2.46 bits per heavy atom. The second kappa shape index (κ2) is 9.03. The SMILES string of the molecule is CCN(Cc1ccccc1)c1ccc(/C=C2\SC(=S)N(CC(=O)[O-])C2=O)cc1. The monoisotopic (exact) mass is 411 g/mol. The van der Waals surface area contributed by atoms with Crippen LogP contribution in [0.15, 0.2) is 59.5 Å². The van der Waals surface area contributed by atoms with Gasteiger partial charge in [0, 0.05) is 18.8 Å². The molecule has 0 aliphatic carbocycles. The van der Waals surface area contributed by atoms with Crippen molar-refractivity contribution in [1.82, 2.24) is 4.90 Å². The molecule has 1 saturated heterocycles. The average molecular weight is 412 g/mol. The van der Waals surface area contributed by atoms with E-state index in [2.05, 4.69) is 24.0 Å². The number of thiocarbonyl (C=S) groups is 1. The summed E-state index contributed by atoms with van der Waals surface area (Å²) in [7, 11) is 0. The molecule has 2 aromatic rings. The predicted octanol–water partition coefficient (Wildman–Crippen LogP) is 2.66. The third kappa shape index (κ3) is 4.79. The van der Waals surface area contributed by atoms with E-state index in [9.17, 15) is 14.7 Å². The fraction of sp³-hybridized carbons (Fsp3) is 0.190. The van der Waals surface area contributed by atoms with Gasteiger partial charge in [0.05, 0.1) is 17.4 Å². The van der Waals surface area contributed by atoms with Gasteiger partial charge in [-0.1, -0.05) is 66.4 Å². The van der Waals surface area contributed by atoms with Gasteiger partial charge in [-0.2, -0.15) is 0 Å². The second-order valence-electron chi connectivity index (χ2n) is 6.23. The lowest BCUT2D eigenvalue weighted by Crippen LogP contribution is -2.40. The number of benzene rings is 2. The fourth-order valence-corrected chi connectivity index (χ4v) is 4.14. The number of carbonyl (C=O) groups is 2. The molecule has 3 rings (SSSR count). The number of amides is 1. The van der Waals surface area contributed by atoms with Gasteiger partial charge < -0.3 is 14.8 Å². The topological polar surface area (TPSA) is 63.7 Å². The van der Waals surface area contributed by atoms with Crippen LogP contribution in [0.25, 0.3) is 6.08 Å². The van der Waals surface area contributed by atoms with Gasteiger partial charge in [-0.15, -0.1) is 0 Å². The first-order valence-corrected chi connectivity index (χ1v) is 10.0. The number of carboxylic acid groups (broad SMARTS) is 1. The molecule has 5 nitrogen and oxygen atoms in total. The molecule has 0 atom stereocenters. The maximum Gasteiger partial charge on any atom is 0.266 e. The van der Waals surface area contributed by atoms with Crippen molar-refractivity contribution in [3.8, 4) is 0 Å². The van der Waals surface area contributed by atoms with Crippen LogP contribution in [-0.4, -0.2) is 34.2 Å². The number of nitrogens with zero attached hydrogens (tertiary/aromatic N) is 2. The van der Waals surface area contributed by atoms with Crippen molar-refractivity contribution in [3.63, 3.8) is 0 Å². The van der Waals surface area contributed by atoms with Gasteiger partial charge in [-0.25, -0.2) is 0 Å². The highest BCUT2D eigenvalue weighted by molar-refractivity contribution is 8.26. The van der Waals surface area contributed by atoms with Crippen LogP contribution >= 0.6 is 24.0 Å². The van der Waals surface area contributed by atoms with Crippen molar-refractivity contribution in [3.05, 3.63) is 70.6 Å². The van der Waals surface area contributed by atoms with Crippen molar-refractivity contribution in [1.29, 1.82) is 0 Å². The third-order valence-corrected chi connectivity index (χ3v) is 5.69. The summed E-state index contributed by atoms with van der Waals surface area (Å²) in [4.78, 5) is 26.8. The van der Waals surface area contributed by atoms with Crippen molar-refractivity contribution >= 4 is 51.9 Å². The molecule has 1 fully saturated rings. The van der Waals surface area contributed by atoms with Crippen LogP contribution in [0.2, 0.25) is 0 Å². The molecule has 7 heteroatoms. The Morgan fingerprint density at radius 2 is 1.86 bits per heavy atom. The van der Waals surface area contributed by atoms with E-state index in [0.29, 0.717) is 4.91 Å². The average Bonchev–Trinajstić information content (AvgIpc) is 2.94. The Morgan fingerprint density at radius 1 is 1.18 bits per heavy atom. The summed E-state index contributed by atoms with van der Waals surface area (Å²) in [5.74, 6) is -1.73. The quantitative estimate of drug-likeness (QED) is 0.516. The molecular formula is C21H19N2O3S2-. The third-order valence-electron chi connectivity index (χ3n) is 4.31. The van der Waals surface area contributed by atoms with E-state index in [0.717, 1.165) is 41.0 Å². The first-order valence-electron chi connectivity index (χ1n) is 8.82. The van der Waals surface area contributed by atoms with Crippen molar-refractivity contribution < 1.29 is 14.7 Å². The van der Waals surface area contributed by atoms with Crippen LogP contribution in [0.1, 0.15) is 18.1 Å². The summed E-state index contributed by atoms with van der Waals surface area (Å²) < 4.78 is 0.233. The summed E-state index contributed by atoms with van der Waals surface area (Å²) in [6.07, 6.45) is 1.73. The Bertz CT molecular complexity index is 911. The van der Waals surface area contributed by atoms with Gasteiger partial charge in [0.15, 0.2) is 0 Å². The van der Waals surface area contributed by atoms with E-state index in [4.69, 9.17) is 12.2 Å². The number of rotatable bonds is 7. The summed E-state index contributed by atoms with van der Waals surface area (Å²) in [5.41, 5.74) is 3.19. The van der Waals surface area contributed by atoms with Crippen LogP contribution < -0.4 is 10.0 Å². The highest BCUT2D eigenvalue weighted by atomic mass is 32.2. The normalized spacial score (nSPS) is 15.3. The molecule has 0 radical (unpaired) electrons. The minimum Gasteiger partial charge on any atom is -0.548 e. The Balaban J connectivity index is 1.73. The molecule has 1 aliphatic rings. The summed E-state index contributed by atoms with van der Waals surface area (Å²) in [6.45, 7) is 3.28. The maximum absolute atomic E-state index is 12.3. The van der Waals surface area contributed by atoms with Crippen molar-refractivity contribution in [2.75, 3.05) is 18.0 Å². The number of hydrogen-bond donors (Lipinski definition) is 0. The van der Waals surface area contributed by atoms with E-state index >= 15 is 0 Å². The lowest BCUT2D eigenvalue weighted by Gasteiger charge is -2.23. The molecule has 0 N–H and O–H groups in total. The first kappa shape index (κ1) is 20.1. The van der Waals surface area contributed by atoms with E-state index < -0.39 is 18.4 Å². The smallest absolute Gasteiger partial charge is 0.266 e. The molecule has 0 aromatic heterocycles. The molecule has 144 valence electrons. The Hall–Kier alpha value is -2.64. The molecule has 0 unspecified atom stereocenters.